The Labute approximate surface area is 78.7 Å². The first kappa shape index (κ1) is 9.34. The summed E-state index contributed by atoms with van der Waals surface area (Å²) in [5.41, 5.74) is 2.18. The van der Waals surface area contributed by atoms with Crippen molar-refractivity contribution in [2.24, 2.45) is 0 Å². The molecular weight excluding hydrogens is 160 g/mol. The lowest BCUT2D eigenvalue weighted by Crippen LogP contribution is -2.09. The molecule has 0 bridgehead atoms. The molecule has 0 aliphatic carbocycles. The molecule has 0 saturated carbocycles. The smallest absolute Gasteiger partial charge is 0.0912 e. The van der Waals surface area contributed by atoms with Crippen LogP contribution < -0.4 is 4.90 Å². The minimum Gasteiger partial charge on any atom is -0.377 e. The van der Waals surface area contributed by atoms with Gasteiger partial charge in [-0.1, -0.05) is 18.2 Å². The maximum Gasteiger partial charge on any atom is 0.0912 e. The zero-order valence-electron chi connectivity index (χ0n) is 7.86. The number of nitrogens with zero attached hydrogens (tertiary/aromatic N) is 2. The summed E-state index contributed by atoms with van der Waals surface area (Å²) >= 11 is 0. The molecule has 1 aromatic carbocycles. The summed E-state index contributed by atoms with van der Waals surface area (Å²) in [5, 5.41) is 8.41. The molecule has 0 N–H and O–H groups in total. The Morgan fingerprint density at radius 2 is 2.00 bits per heavy atom. The number of hydrogen-bond donors (Lipinski definition) is 0. The van der Waals surface area contributed by atoms with Crippen molar-refractivity contribution >= 4 is 11.8 Å². The number of benzene rings is 1. The summed E-state index contributed by atoms with van der Waals surface area (Å²) in [5.74, 6) is 0. The lowest BCUT2D eigenvalue weighted by atomic mass is 10.1. The van der Waals surface area contributed by atoms with Crippen molar-refractivity contribution in [3.63, 3.8) is 0 Å². The predicted octanol–water partition coefficient (Wildman–Crippen LogP) is 2.29. The Balaban J connectivity index is 3.06. The molecule has 0 aromatic heterocycles. The van der Waals surface area contributed by atoms with Crippen molar-refractivity contribution in [3.05, 3.63) is 35.9 Å². The van der Waals surface area contributed by atoms with E-state index in [1.165, 1.54) is 6.08 Å². The van der Waals surface area contributed by atoms with Crippen molar-refractivity contribution in [2.45, 2.75) is 0 Å². The van der Waals surface area contributed by atoms with Gasteiger partial charge in [-0.05, 0) is 17.7 Å². The van der Waals surface area contributed by atoms with E-state index in [0.717, 1.165) is 11.3 Å². The van der Waals surface area contributed by atoms with Gasteiger partial charge in [0.2, 0.25) is 0 Å². The zero-order chi connectivity index (χ0) is 9.68. The fourth-order valence-electron chi connectivity index (χ4n) is 1.16. The van der Waals surface area contributed by atoms with Crippen LogP contribution in [0.25, 0.3) is 6.08 Å². The SMILES string of the molecule is CN(C)c1ccccc1C=CC#N. The van der Waals surface area contributed by atoms with Crippen LogP contribution in [-0.4, -0.2) is 14.1 Å². The van der Waals surface area contributed by atoms with Gasteiger partial charge >= 0.3 is 0 Å². The number of para-hydroxylation sites is 1. The van der Waals surface area contributed by atoms with Gasteiger partial charge in [0, 0.05) is 25.9 Å². The van der Waals surface area contributed by atoms with Gasteiger partial charge in [0.1, 0.15) is 0 Å². The fraction of sp³-hybridized carbons (Fsp3) is 0.182. The Morgan fingerprint density at radius 1 is 1.31 bits per heavy atom. The summed E-state index contributed by atoms with van der Waals surface area (Å²) in [7, 11) is 3.97. The van der Waals surface area contributed by atoms with E-state index in [9.17, 15) is 0 Å². The van der Waals surface area contributed by atoms with Crippen LogP contribution in [-0.2, 0) is 0 Å². The normalized spacial score (nSPS) is 9.92. The van der Waals surface area contributed by atoms with Crippen LogP contribution in [0.4, 0.5) is 5.69 Å². The Hall–Kier alpha value is -1.75. The van der Waals surface area contributed by atoms with Gasteiger partial charge < -0.3 is 4.90 Å². The predicted molar refractivity (Wildman–Crippen MR) is 55.4 cm³/mol. The summed E-state index contributed by atoms with van der Waals surface area (Å²) in [6.45, 7) is 0. The second kappa shape index (κ2) is 4.32. The van der Waals surface area contributed by atoms with Crippen LogP contribution >= 0.6 is 0 Å². The molecule has 0 unspecified atom stereocenters. The zero-order valence-corrected chi connectivity index (χ0v) is 7.86. The molecular formula is C11H12N2. The van der Waals surface area contributed by atoms with Gasteiger partial charge in [-0.25, -0.2) is 0 Å². The molecule has 0 spiro atoms. The molecule has 2 heteroatoms. The van der Waals surface area contributed by atoms with Crippen molar-refractivity contribution in [2.75, 3.05) is 19.0 Å². The molecule has 0 heterocycles. The van der Waals surface area contributed by atoms with Gasteiger partial charge in [0.05, 0.1) is 6.07 Å². The fourth-order valence-corrected chi connectivity index (χ4v) is 1.16. The van der Waals surface area contributed by atoms with Gasteiger partial charge in [0.15, 0.2) is 0 Å². The molecule has 0 radical (unpaired) electrons. The minimum absolute atomic E-state index is 1.06. The highest BCUT2D eigenvalue weighted by molar-refractivity contribution is 5.68. The molecule has 0 aliphatic heterocycles. The Bertz CT molecular complexity index is 345. The van der Waals surface area contributed by atoms with Gasteiger partial charge in [-0.2, -0.15) is 5.26 Å². The summed E-state index contributed by atoms with van der Waals surface area (Å²) < 4.78 is 0. The standard InChI is InChI=1S/C11H12N2/c1-13(2)11-8-4-3-6-10(11)7-5-9-12/h3-8H,1-2H3. The molecule has 0 aliphatic rings. The van der Waals surface area contributed by atoms with E-state index in [2.05, 4.69) is 0 Å². The summed E-state index contributed by atoms with van der Waals surface area (Å²) in [4.78, 5) is 2.02. The maximum atomic E-state index is 8.41. The molecule has 2 nitrogen and oxygen atoms in total. The van der Waals surface area contributed by atoms with Crippen LogP contribution in [0.5, 0.6) is 0 Å². The van der Waals surface area contributed by atoms with E-state index in [1.54, 1.807) is 0 Å². The molecule has 0 amide bonds. The van der Waals surface area contributed by atoms with Gasteiger partial charge in [-0.15, -0.1) is 0 Å². The average Bonchev–Trinajstić information content (AvgIpc) is 2.15. The van der Waals surface area contributed by atoms with E-state index < -0.39 is 0 Å². The number of rotatable bonds is 2. The Morgan fingerprint density at radius 3 is 2.62 bits per heavy atom. The van der Waals surface area contributed by atoms with Crippen LogP contribution in [0.1, 0.15) is 5.56 Å². The molecule has 0 fully saturated rings. The lowest BCUT2D eigenvalue weighted by molar-refractivity contribution is 1.13. The first-order chi connectivity index (χ1) is 6.25. The largest absolute Gasteiger partial charge is 0.377 e. The number of allylic oxidation sites excluding steroid dienone is 1. The molecule has 13 heavy (non-hydrogen) atoms. The van der Waals surface area contributed by atoms with Crippen LogP contribution in [0.2, 0.25) is 0 Å². The van der Waals surface area contributed by atoms with Gasteiger partial charge in [-0.3, -0.25) is 0 Å². The molecule has 1 rings (SSSR count). The third-order valence-corrected chi connectivity index (χ3v) is 1.76. The lowest BCUT2D eigenvalue weighted by Gasteiger charge is -2.14. The molecule has 1 aromatic rings. The summed E-state index contributed by atoms with van der Waals surface area (Å²) in [6, 6.07) is 9.94. The molecule has 66 valence electrons. The monoisotopic (exact) mass is 172 g/mol. The van der Waals surface area contributed by atoms with Crippen LogP contribution in [0.3, 0.4) is 0 Å². The molecule has 0 atom stereocenters. The quantitative estimate of drug-likeness (QED) is 0.640. The van der Waals surface area contributed by atoms with E-state index >= 15 is 0 Å². The number of anilines is 1. The third-order valence-electron chi connectivity index (χ3n) is 1.76. The van der Waals surface area contributed by atoms with Gasteiger partial charge in [0.25, 0.3) is 0 Å². The minimum atomic E-state index is 1.06. The Kier molecular flexibility index (Phi) is 3.10. The highest BCUT2D eigenvalue weighted by Crippen LogP contribution is 2.18. The maximum absolute atomic E-state index is 8.41. The number of nitriles is 1. The van der Waals surface area contributed by atoms with E-state index in [4.69, 9.17) is 5.26 Å². The third kappa shape index (κ3) is 2.34. The summed E-state index contributed by atoms with van der Waals surface area (Å²) in [6.07, 6.45) is 3.30. The van der Waals surface area contributed by atoms with Crippen LogP contribution in [0.15, 0.2) is 30.3 Å². The van der Waals surface area contributed by atoms with Crippen molar-refractivity contribution < 1.29 is 0 Å². The first-order valence-electron chi connectivity index (χ1n) is 4.08. The van der Waals surface area contributed by atoms with Crippen molar-refractivity contribution in [1.29, 1.82) is 5.26 Å². The first-order valence-corrected chi connectivity index (χ1v) is 4.08. The van der Waals surface area contributed by atoms with Crippen molar-refractivity contribution in [1.82, 2.24) is 0 Å². The average molecular weight is 172 g/mol. The highest BCUT2D eigenvalue weighted by atomic mass is 15.1. The second-order valence-electron chi connectivity index (χ2n) is 2.92. The van der Waals surface area contributed by atoms with E-state index in [-0.39, 0.29) is 0 Å². The highest BCUT2D eigenvalue weighted by Gasteiger charge is 1.98. The second-order valence-corrected chi connectivity index (χ2v) is 2.92. The topological polar surface area (TPSA) is 27.0 Å². The molecule has 0 saturated heterocycles. The van der Waals surface area contributed by atoms with Crippen molar-refractivity contribution in [3.8, 4) is 6.07 Å². The van der Waals surface area contributed by atoms with E-state index in [1.807, 2.05) is 55.4 Å². The van der Waals surface area contributed by atoms with E-state index in [0.29, 0.717) is 0 Å². The number of hydrogen-bond acceptors (Lipinski definition) is 2. The van der Waals surface area contributed by atoms with Crippen LogP contribution in [0, 0.1) is 11.3 Å².